The molecular weight excluding hydrogens is 338 g/mol. The van der Waals surface area contributed by atoms with E-state index in [1.54, 1.807) is 0 Å². The van der Waals surface area contributed by atoms with Gasteiger partial charge in [-0.2, -0.15) is 0 Å². The number of aromatic nitrogens is 2. The van der Waals surface area contributed by atoms with Gasteiger partial charge < -0.3 is 5.73 Å². The summed E-state index contributed by atoms with van der Waals surface area (Å²) in [6.45, 7) is 2.68. The number of benzene rings is 2. The van der Waals surface area contributed by atoms with E-state index in [9.17, 15) is 0 Å². The van der Waals surface area contributed by atoms with Gasteiger partial charge >= 0.3 is 0 Å². The summed E-state index contributed by atoms with van der Waals surface area (Å²) in [5.41, 5.74) is 10.3. The van der Waals surface area contributed by atoms with Crippen molar-refractivity contribution in [1.82, 2.24) is 9.55 Å². The average molecular weight is 356 g/mol. The van der Waals surface area contributed by atoms with Crippen molar-refractivity contribution in [3.8, 4) is 17.1 Å². The normalized spacial score (nSPS) is 10.9. The number of halogens is 1. The highest BCUT2D eigenvalue weighted by molar-refractivity contribution is 9.10. The predicted octanol–water partition coefficient (Wildman–Crippen LogP) is 4.32. The van der Waals surface area contributed by atoms with Crippen LogP contribution in [0.4, 0.5) is 0 Å². The molecule has 1 heterocycles. The molecule has 2 N–H and O–H groups in total. The second-order valence-corrected chi connectivity index (χ2v) is 6.01. The Morgan fingerprint density at radius 3 is 2.55 bits per heavy atom. The van der Waals surface area contributed by atoms with Crippen LogP contribution in [-0.2, 0) is 13.0 Å². The summed E-state index contributed by atoms with van der Waals surface area (Å²) in [7, 11) is 0. The topological polar surface area (TPSA) is 43.8 Å². The van der Waals surface area contributed by atoms with Gasteiger partial charge in [0, 0.05) is 34.7 Å². The molecule has 0 bridgehead atoms. The average Bonchev–Trinajstić information content (AvgIpc) is 3.04. The number of hydrogen-bond donors (Lipinski definition) is 1. The van der Waals surface area contributed by atoms with Crippen LogP contribution in [-0.4, -0.2) is 9.55 Å². The van der Waals surface area contributed by atoms with Gasteiger partial charge in [-0.3, -0.25) is 4.57 Å². The summed E-state index contributed by atoms with van der Waals surface area (Å²) in [6, 6.07) is 14.8. The van der Waals surface area contributed by atoms with Gasteiger partial charge in [-0.25, -0.2) is 4.98 Å². The van der Waals surface area contributed by atoms with E-state index in [1.165, 1.54) is 5.56 Å². The Kier molecular flexibility index (Phi) is 4.41. The zero-order chi connectivity index (χ0) is 15.5. The Balaban J connectivity index is 2.02. The van der Waals surface area contributed by atoms with Crippen LogP contribution in [0.1, 0.15) is 18.1 Å². The van der Waals surface area contributed by atoms with Crippen LogP contribution < -0.4 is 5.73 Å². The minimum absolute atomic E-state index is 0.524. The number of nitrogens with two attached hydrogens (primary N) is 1. The van der Waals surface area contributed by atoms with Crippen molar-refractivity contribution in [2.45, 2.75) is 19.9 Å². The van der Waals surface area contributed by atoms with Gasteiger partial charge in [-0.05, 0) is 29.7 Å². The van der Waals surface area contributed by atoms with Gasteiger partial charge in [0.05, 0.1) is 0 Å². The largest absolute Gasteiger partial charge is 0.326 e. The summed E-state index contributed by atoms with van der Waals surface area (Å²) in [4.78, 5) is 4.51. The van der Waals surface area contributed by atoms with E-state index < -0.39 is 0 Å². The van der Waals surface area contributed by atoms with Gasteiger partial charge in [-0.1, -0.05) is 53.2 Å². The van der Waals surface area contributed by atoms with Gasteiger partial charge in [0.15, 0.2) is 0 Å². The number of nitrogens with zero attached hydrogens (tertiary/aromatic N) is 2. The maximum absolute atomic E-state index is 5.72. The molecule has 2 aromatic carbocycles. The summed E-state index contributed by atoms with van der Waals surface area (Å²) in [5, 5.41) is 0. The van der Waals surface area contributed by atoms with E-state index in [0.717, 1.165) is 33.5 Å². The molecule has 0 atom stereocenters. The van der Waals surface area contributed by atoms with E-state index in [4.69, 9.17) is 5.73 Å². The van der Waals surface area contributed by atoms with Crippen molar-refractivity contribution in [3.05, 3.63) is 70.5 Å². The summed E-state index contributed by atoms with van der Waals surface area (Å²) < 4.78 is 3.11. The Morgan fingerprint density at radius 2 is 1.91 bits per heavy atom. The van der Waals surface area contributed by atoms with Crippen molar-refractivity contribution in [1.29, 1.82) is 0 Å². The highest BCUT2D eigenvalue weighted by Crippen LogP contribution is 2.25. The quantitative estimate of drug-likeness (QED) is 0.757. The van der Waals surface area contributed by atoms with Crippen LogP contribution in [0.3, 0.4) is 0 Å². The first kappa shape index (κ1) is 15.0. The molecule has 112 valence electrons. The zero-order valence-electron chi connectivity index (χ0n) is 12.5. The summed E-state index contributed by atoms with van der Waals surface area (Å²) in [5.74, 6) is 0.940. The molecule has 3 aromatic rings. The number of hydrogen-bond acceptors (Lipinski definition) is 2. The second-order valence-electron chi connectivity index (χ2n) is 5.15. The number of imidazole rings is 1. The highest BCUT2D eigenvalue weighted by atomic mass is 79.9. The molecule has 3 nitrogen and oxygen atoms in total. The minimum Gasteiger partial charge on any atom is -0.326 e. The molecule has 0 spiro atoms. The molecule has 0 radical (unpaired) electrons. The highest BCUT2D eigenvalue weighted by Gasteiger charge is 2.09. The smallest absolute Gasteiger partial charge is 0.144 e. The van der Waals surface area contributed by atoms with E-state index in [1.807, 2.05) is 18.5 Å². The number of rotatable bonds is 4. The summed E-state index contributed by atoms with van der Waals surface area (Å²) in [6.07, 6.45) is 4.85. The monoisotopic (exact) mass is 355 g/mol. The van der Waals surface area contributed by atoms with E-state index >= 15 is 0 Å². The van der Waals surface area contributed by atoms with Crippen LogP contribution in [0.15, 0.2) is 59.3 Å². The van der Waals surface area contributed by atoms with Crippen molar-refractivity contribution in [2.24, 2.45) is 5.73 Å². The van der Waals surface area contributed by atoms with Crippen LogP contribution in [0.25, 0.3) is 17.1 Å². The van der Waals surface area contributed by atoms with E-state index in [2.05, 4.69) is 68.8 Å². The van der Waals surface area contributed by atoms with Crippen molar-refractivity contribution < 1.29 is 0 Å². The first-order valence-corrected chi connectivity index (χ1v) is 8.13. The Labute approximate surface area is 138 Å². The second kappa shape index (κ2) is 6.46. The minimum atomic E-state index is 0.524. The zero-order valence-corrected chi connectivity index (χ0v) is 14.0. The van der Waals surface area contributed by atoms with Crippen molar-refractivity contribution in [3.63, 3.8) is 0 Å². The van der Waals surface area contributed by atoms with Gasteiger partial charge in [0.2, 0.25) is 0 Å². The molecule has 0 saturated carbocycles. The first-order valence-electron chi connectivity index (χ1n) is 7.34. The molecule has 3 rings (SSSR count). The maximum atomic E-state index is 5.72. The van der Waals surface area contributed by atoms with Crippen LogP contribution in [0, 0.1) is 0 Å². The third kappa shape index (κ3) is 2.85. The molecule has 4 heteroatoms. The molecule has 0 amide bonds. The van der Waals surface area contributed by atoms with Crippen LogP contribution in [0.2, 0.25) is 0 Å². The predicted molar refractivity (Wildman–Crippen MR) is 94.0 cm³/mol. The molecule has 0 aliphatic rings. The molecule has 0 saturated heterocycles. The third-order valence-electron chi connectivity index (χ3n) is 3.80. The fourth-order valence-electron chi connectivity index (χ4n) is 2.47. The van der Waals surface area contributed by atoms with Crippen LogP contribution in [0.5, 0.6) is 0 Å². The van der Waals surface area contributed by atoms with Gasteiger partial charge in [0.1, 0.15) is 5.82 Å². The van der Waals surface area contributed by atoms with Gasteiger partial charge in [-0.15, -0.1) is 0 Å². The lowest BCUT2D eigenvalue weighted by Gasteiger charge is -2.10. The molecule has 1 aromatic heterocycles. The first-order chi connectivity index (χ1) is 10.7. The van der Waals surface area contributed by atoms with E-state index in [0.29, 0.717) is 6.54 Å². The summed E-state index contributed by atoms with van der Waals surface area (Å²) >= 11 is 3.58. The Bertz CT molecular complexity index is 775. The fourth-order valence-corrected chi connectivity index (χ4v) is 3.00. The molecule has 22 heavy (non-hydrogen) atoms. The van der Waals surface area contributed by atoms with Crippen LogP contribution >= 0.6 is 15.9 Å². The SMILES string of the molecule is CCc1ccc(-c2nccn2-c2ccc(CN)c(Br)c2)cc1. The fraction of sp³-hybridized carbons (Fsp3) is 0.167. The third-order valence-corrected chi connectivity index (χ3v) is 4.53. The van der Waals surface area contributed by atoms with Crippen molar-refractivity contribution in [2.75, 3.05) is 0 Å². The van der Waals surface area contributed by atoms with E-state index in [-0.39, 0.29) is 0 Å². The molecule has 0 unspecified atom stereocenters. The molecule has 0 aliphatic carbocycles. The molecular formula is C18H18BrN3. The molecule has 0 fully saturated rings. The lowest BCUT2D eigenvalue weighted by atomic mass is 10.1. The van der Waals surface area contributed by atoms with Crippen molar-refractivity contribution >= 4 is 15.9 Å². The molecule has 0 aliphatic heterocycles. The van der Waals surface area contributed by atoms with Gasteiger partial charge in [0.25, 0.3) is 0 Å². The Hall–Kier alpha value is -1.91. The lowest BCUT2D eigenvalue weighted by Crippen LogP contribution is -2.00. The Morgan fingerprint density at radius 1 is 1.14 bits per heavy atom. The number of aryl methyl sites for hydroxylation is 1. The maximum Gasteiger partial charge on any atom is 0.144 e. The lowest BCUT2D eigenvalue weighted by molar-refractivity contribution is 1.03. The standard InChI is InChI=1S/C18H18BrN3/c1-2-13-3-5-14(6-4-13)18-21-9-10-22(18)16-8-7-15(12-20)17(19)11-16/h3-11H,2,12,20H2,1H3.